The van der Waals surface area contributed by atoms with E-state index in [0.717, 1.165) is 0 Å². The summed E-state index contributed by atoms with van der Waals surface area (Å²) in [5.41, 5.74) is 0.577. The van der Waals surface area contributed by atoms with Gasteiger partial charge in [0, 0.05) is 6.20 Å². The van der Waals surface area contributed by atoms with Crippen LogP contribution in [0.25, 0.3) is 0 Å². The molecule has 1 atom stereocenters. The van der Waals surface area contributed by atoms with Crippen LogP contribution in [0.1, 0.15) is 13.8 Å². The molecule has 1 unspecified atom stereocenters. The van der Waals surface area contributed by atoms with Gasteiger partial charge in [-0.1, -0.05) is 13.2 Å². The summed E-state index contributed by atoms with van der Waals surface area (Å²) >= 11 is 0. The first-order valence-corrected chi connectivity index (χ1v) is 4.15. The molecule has 0 aliphatic rings. The molecule has 3 nitrogen and oxygen atoms in total. The van der Waals surface area contributed by atoms with Gasteiger partial charge in [0.1, 0.15) is 0 Å². The molecule has 13 heavy (non-hydrogen) atoms. The average Bonchev–Trinajstić information content (AvgIpc) is 2.13. The Morgan fingerprint density at radius 3 is 2.62 bits per heavy atom. The maximum atomic E-state index is 11.2. The average molecular weight is 181 g/mol. The van der Waals surface area contributed by atoms with Gasteiger partial charge in [-0.3, -0.25) is 9.79 Å². The third-order valence-corrected chi connectivity index (χ3v) is 1.53. The molecule has 0 aromatic rings. The van der Waals surface area contributed by atoms with Gasteiger partial charge in [-0.05, 0) is 19.9 Å². The SMILES string of the molecule is C=C/N=C(\C=C)C(C)C(=O)OCC. The summed E-state index contributed by atoms with van der Waals surface area (Å²) < 4.78 is 4.83. The molecular weight excluding hydrogens is 166 g/mol. The summed E-state index contributed by atoms with van der Waals surface area (Å²) in [5.74, 6) is -0.668. The van der Waals surface area contributed by atoms with Gasteiger partial charge in [0.25, 0.3) is 0 Å². The molecular formula is C10H15NO2. The van der Waals surface area contributed by atoms with Crippen molar-refractivity contribution in [1.82, 2.24) is 0 Å². The molecule has 0 aliphatic carbocycles. The largest absolute Gasteiger partial charge is 0.465 e. The predicted molar refractivity (Wildman–Crippen MR) is 53.6 cm³/mol. The highest BCUT2D eigenvalue weighted by Gasteiger charge is 2.17. The van der Waals surface area contributed by atoms with E-state index in [0.29, 0.717) is 12.3 Å². The zero-order valence-electron chi connectivity index (χ0n) is 8.12. The third-order valence-electron chi connectivity index (χ3n) is 1.53. The molecule has 0 spiro atoms. The Kier molecular flexibility index (Phi) is 5.52. The van der Waals surface area contributed by atoms with Gasteiger partial charge < -0.3 is 4.74 Å². The van der Waals surface area contributed by atoms with Crippen molar-refractivity contribution in [2.75, 3.05) is 6.61 Å². The highest BCUT2D eigenvalue weighted by atomic mass is 16.5. The summed E-state index contributed by atoms with van der Waals surface area (Å²) in [5, 5.41) is 0. The van der Waals surface area contributed by atoms with Gasteiger partial charge in [-0.15, -0.1) is 0 Å². The zero-order chi connectivity index (χ0) is 10.3. The van der Waals surface area contributed by atoms with Crippen LogP contribution in [0.2, 0.25) is 0 Å². The second kappa shape index (κ2) is 6.17. The normalized spacial score (nSPS) is 13.2. The van der Waals surface area contributed by atoms with Crippen molar-refractivity contribution >= 4 is 11.7 Å². The smallest absolute Gasteiger partial charge is 0.314 e. The van der Waals surface area contributed by atoms with Gasteiger partial charge in [-0.2, -0.15) is 0 Å². The van der Waals surface area contributed by atoms with Gasteiger partial charge in [0.2, 0.25) is 0 Å². The Balaban J connectivity index is 4.45. The number of ether oxygens (including phenoxy) is 1. The van der Waals surface area contributed by atoms with Crippen LogP contribution in [0.15, 0.2) is 30.4 Å². The van der Waals surface area contributed by atoms with Crippen LogP contribution in [-0.4, -0.2) is 18.3 Å². The van der Waals surface area contributed by atoms with E-state index < -0.39 is 0 Å². The predicted octanol–water partition coefficient (Wildman–Crippen LogP) is 1.96. The first-order valence-electron chi connectivity index (χ1n) is 4.15. The Labute approximate surface area is 78.8 Å². The van der Waals surface area contributed by atoms with Crippen LogP contribution in [0.4, 0.5) is 0 Å². The Morgan fingerprint density at radius 1 is 1.62 bits per heavy atom. The molecule has 0 aliphatic heterocycles. The minimum atomic E-state index is -0.379. The Morgan fingerprint density at radius 2 is 2.23 bits per heavy atom. The van der Waals surface area contributed by atoms with Crippen molar-refractivity contribution in [3.63, 3.8) is 0 Å². The van der Waals surface area contributed by atoms with Crippen molar-refractivity contribution in [2.24, 2.45) is 10.9 Å². The van der Waals surface area contributed by atoms with Crippen LogP contribution in [0.3, 0.4) is 0 Å². The van der Waals surface area contributed by atoms with Gasteiger partial charge in [0.05, 0.1) is 18.2 Å². The lowest BCUT2D eigenvalue weighted by Crippen LogP contribution is -2.21. The molecule has 0 heterocycles. The fraction of sp³-hybridized carbons (Fsp3) is 0.400. The summed E-state index contributed by atoms with van der Waals surface area (Å²) in [7, 11) is 0. The molecule has 3 heteroatoms. The second-order valence-electron chi connectivity index (χ2n) is 2.41. The molecule has 0 N–H and O–H groups in total. The van der Waals surface area contributed by atoms with E-state index in [1.54, 1.807) is 13.8 Å². The molecule has 0 bridgehead atoms. The molecule has 72 valence electrons. The number of esters is 1. The highest BCUT2D eigenvalue weighted by molar-refractivity contribution is 6.07. The Hall–Kier alpha value is -1.38. The van der Waals surface area contributed by atoms with E-state index in [9.17, 15) is 4.79 Å². The summed E-state index contributed by atoms with van der Waals surface area (Å²) in [6, 6.07) is 0. The number of hydrogen-bond donors (Lipinski definition) is 0. The molecule has 0 saturated carbocycles. The monoisotopic (exact) mass is 181 g/mol. The highest BCUT2D eigenvalue weighted by Crippen LogP contribution is 2.03. The fourth-order valence-electron chi connectivity index (χ4n) is 0.835. The van der Waals surface area contributed by atoms with Crippen molar-refractivity contribution in [2.45, 2.75) is 13.8 Å². The minimum absolute atomic E-state index is 0.289. The zero-order valence-corrected chi connectivity index (χ0v) is 8.12. The maximum Gasteiger partial charge on any atom is 0.314 e. The maximum absolute atomic E-state index is 11.2. The van der Waals surface area contributed by atoms with E-state index in [-0.39, 0.29) is 11.9 Å². The van der Waals surface area contributed by atoms with Crippen molar-refractivity contribution < 1.29 is 9.53 Å². The van der Waals surface area contributed by atoms with E-state index >= 15 is 0 Å². The topological polar surface area (TPSA) is 38.7 Å². The van der Waals surface area contributed by atoms with Crippen LogP contribution in [-0.2, 0) is 9.53 Å². The third kappa shape index (κ3) is 3.69. The lowest BCUT2D eigenvalue weighted by Gasteiger charge is -2.09. The number of nitrogens with zero attached hydrogens (tertiary/aromatic N) is 1. The summed E-state index contributed by atoms with van der Waals surface area (Å²) in [6.45, 7) is 10.9. The number of allylic oxidation sites excluding steroid dienone is 1. The van der Waals surface area contributed by atoms with Crippen LogP contribution in [0.5, 0.6) is 0 Å². The van der Waals surface area contributed by atoms with Gasteiger partial charge in [0.15, 0.2) is 0 Å². The van der Waals surface area contributed by atoms with Crippen LogP contribution >= 0.6 is 0 Å². The minimum Gasteiger partial charge on any atom is -0.465 e. The van der Waals surface area contributed by atoms with Crippen LogP contribution < -0.4 is 0 Å². The number of carbonyl (C=O) groups is 1. The number of rotatable bonds is 5. The molecule has 0 fully saturated rings. The first-order chi connectivity index (χ1) is 6.17. The van der Waals surface area contributed by atoms with Crippen molar-refractivity contribution in [3.05, 3.63) is 25.4 Å². The van der Waals surface area contributed by atoms with Crippen molar-refractivity contribution in [1.29, 1.82) is 0 Å². The molecule has 0 aromatic heterocycles. The fourth-order valence-corrected chi connectivity index (χ4v) is 0.835. The van der Waals surface area contributed by atoms with Gasteiger partial charge >= 0.3 is 5.97 Å². The second-order valence-corrected chi connectivity index (χ2v) is 2.41. The standard InChI is InChI=1S/C10H15NO2/c1-5-9(11-6-2)8(4)10(12)13-7-3/h5-6,8H,1-2,7H2,3-4H3/b11-9+. The van der Waals surface area contributed by atoms with Gasteiger partial charge in [-0.25, -0.2) is 0 Å². The molecule has 0 aromatic carbocycles. The van der Waals surface area contributed by atoms with E-state index in [1.165, 1.54) is 12.3 Å². The summed E-state index contributed by atoms with van der Waals surface area (Å²) in [4.78, 5) is 15.1. The number of aliphatic imine (C=N–C) groups is 1. The molecule has 0 radical (unpaired) electrons. The van der Waals surface area contributed by atoms with E-state index in [1.807, 2.05) is 0 Å². The molecule has 0 saturated heterocycles. The van der Waals surface area contributed by atoms with Crippen molar-refractivity contribution in [3.8, 4) is 0 Å². The van der Waals surface area contributed by atoms with Crippen LogP contribution in [0, 0.1) is 5.92 Å². The quantitative estimate of drug-likeness (QED) is 0.480. The van der Waals surface area contributed by atoms with E-state index in [4.69, 9.17) is 4.74 Å². The lowest BCUT2D eigenvalue weighted by atomic mass is 10.1. The molecule has 0 amide bonds. The first kappa shape index (κ1) is 11.6. The number of carbonyl (C=O) groups excluding carboxylic acids is 1. The van der Waals surface area contributed by atoms with E-state index in [2.05, 4.69) is 18.2 Å². The summed E-state index contributed by atoms with van der Waals surface area (Å²) in [6.07, 6.45) is 2.91. The molecule has 0 rings (SSSR count). The lowest BCUT2D eigenvalue weighted by molar-refractivity contribution is -0.145. The Bertz CT molecular complexity index is 231. The number of hydrogen-bond acceptors (Lipinski definition) is 3.